The van der Waals surface area contributed by atoms with Crippen molar-refractivity contribution in [1.82, 2.24) is 5.32 Å². The second kappa shape index (κ2) is 11.0. The van der Waals surface area contributed by atoms with E-state index in [2.05, 4.69) is 5.32 Å². The number of phenolic OH excluding ortho intramolecular Hbond substituents is 1. The smallest absolute Gasteiger partial charge is 0.248 e. The summed E-state index contributed by atoms with van der Waals surface area (Å²) in [7, 11) is 0. The van der Waals surface area contributed by atoms with Gasteiger partial charge in [-0.25, -0.2) is 4.39 Å². The summed E-state index contributed by atoms with van der Waals surface area (Å²) >= 11 is 0. The second-order valence-electron chi connectivity index (χ2n) is 8.74. The van der Waals surface area contributed by atoms with Crippen molar-refractivity contribution in [3.63, 3.8) is 0 Å². The quantitative estimate of drug-likeness (QED) is 0.503. The fraction of sp³-hybridized carbons (Fsp3) is 0.286. The van der Waals surface area contributed by atoms with Crippen LogP contribution < -0.4 is 10.2 Å². The summed E-state index contributed by atoms with van der Waals surface area (Å²) in [5, 5.41) is 12.7. The maximum Gasteiger partial charge on any atom is 0.248 e. The molecule has 0 radical (unpaired) electrons. The van der Waals surface area contributed by atoms with Crippen molar-refractivity contribution in [2.24, 2.45) is 0 Å². The lowest BCUT2D eigenvalue weighted by Gasteiger charge is -2.33. The SMILES string of the molecule is O=C(NC1CCCCC1)C(c1ccccc1)N(C(=O)Cc1ccc(O)cc1)c1cccc(F)c1. The van der Waals surface area contributed by atoms with E-state index < -0.39 is 11.9 Å². The van der Waals surface area contributed by atoms with Gasteiger partial charge in [0.25, 0.3) is 0 Å². The molecule has 176 valence electrons. The van der Waals surface area contributed by atoms with Crippen LogP contribution in [0.2, 0.25) is 0 Å². The Morgan fingerprint density at radius 3 is 2.32 bits per heavy atom. The molecule has 1 fully saturated rings. The van der Waals surface area contributed by atoms with Crippen LogP contribution in [0.5, 0.6) is 5.75 Å². The molecule has 0 heterocycles. The summed E-state index contributed by atoms with van der Waals surface area (Å²) in [5.41, 5.74) is 1.65. The molecule has 0 aliphatic heterocycles. The molecule has 3 aromatic carbocycles. The van der Waals surface area contributed by atoms with Crippen LogP contribution in [0.1, 0.15) is 49.3 Å². The minimum atomic E-state index is -0.949. The number of amides is 2. The molecule has 1 aliphatic carbocycles. The molecule has 0 spiro atoms. The first kappa shape index (κ1) is 23.5. The Bertz CT molecular complexity index is 1110. The third-order valence-electron chi connectivity index (χ3n) is 6.22. The third kappa shape index (κ3) is 5.81. The van der Waals surface area contributed by atoms with Gasteiger partial charge in [0.1, 0.15) is 17.6 Å². The van der Waals surface area contributed by atoms with E-state index >= 15 is 0 Å². The molecule has 0 saturated heterocycles. The highest BCUT2D eigenvalue weighted by Gasteiger charge is 2.34. The molecular formula is C28H29FN2O3. The standard InChI is InChI=1S/C28H29FN2O3/c29-22-10-7-13-24(19-22)31(26(33)18-20-14-16-25(32)17-15-20)27(21-8-3-1-4-9-21)28(34)30-23-11-5-2-6-12-23/h1,3-4,7-10,13-17,19,23,27,32H,2,5-6,11-12,18H2,(H,30,34). The number of benzene rings is 3. The average Bonchev–Trinajstić information content (AvgIpc) is 2.85. The number of nitrogens with one attached hydrogen (secondary N) is 1. The van der Waals surface area contributed by atoms with Gasteiger partial charge in [0.05, 0.1) is 6.42 Å². The lowest BCUT2D eigenvalue weighted by atomic mass is 9.94. The van der Waals surface area contributed by atoms with Gasteiger partial charge in [0.15, 0.2) is 0 Å². The third-order valence-corrected chi connectivity index (χ3v) is 6.22. The van der Waals surface area contributed by atoms with Crippen LogP contribution in [0, 0.1) is 5.82 Å². The summed E-state index contributed by atoms with van der Waals surface area (Å²) in [6.07, 6.45) is 5.11. The van der Waals surface area contributed by atoms with Gasteiger partial charge >= 0.3 is 0 Å². The fourth-order valence-electron chi connectivity index (χ4n) is 4.52. The number of nitrogens with zero attached hydrogens (tertiary/aromatic N) is 1. The van der Waals surface area contributed by atoms with Gasteiger partial charge in [-0.05, 0) is 54.3 Å². The van der Waals surface area contributed by atoms with Gasteiger partial charge in [-0.3, -0.25) is 14.5 Å². The highest BCUT2D eigenvalue weighted by Crippen LogP contribution is 2.30. The average molecular weight is 461 g/mol. The van der Waals surface area contributed by atoms with E-state index in [-0.39, 0.29) is 30.0 Å². The molecule has 0 aromatic heterocycles. The number of halogens is 1. The Morgan fingerprint density at radius 1 is 0.941 bits per heavy atom. The minimum Gasteiger partial charge on any atom is -0.508 e. The van der Waals surface area contributed by atoms with Crippen LogP contribution in [0.15, 0.2) is 78.9 Å². The Kier molecular flexibility index (Phi) is 7.58. The normalized spacial score (nSPS) is 14.9. The fourth-order valence-corrected chi connectivity index (χ4v) is 4.52. The summed E-state index contributed by atoms with van der Waals surface area (Å²) in [6.45, 7) is 0. The number of anilines is 1. The van der Waals surface area contributed by atoms with E-state index in [1.165, 1.54) is 35.2 Å². The number of hydrogen-bond acceptors (Lipinski definition) is 3. The Hall–Kier alpha value is -3.67. The van der Waals surface area contributed by atoms with Crippen LogP contribution in [-0.2, 0) is 16.0 Å². The van der Waals surface area contributed by atoms with Gasteiger partial charge in [0, 0.05) is 11.7 Å². The molecule has 1 aliphatic rings. The molecule has 0 bridgehead atoms. The highest BCUT2D eigenvalue weighted by atomic mass is 19.1. The van der Waals surface area contributed by atoms with Crippen molar-refractivity contribution in [2.75, 3.05) is 4.90 Å². The van der Waals surface area contributed by atoms with Gasteiger partial charge in [-0.1, -0.05) is 67.8 Å². The first-order valence-corrected chi connectivity index (χ1v) is 11.7. The molecule has 3 aromatic rings. The van der Waals surface area contributed by atoms with Crippen molar-refractivity contribution in [2.45, 2.75) is 50.6 Å². The molecular weight excluding hydrogens is 431 g/mol. The van der Waals surface area contributed by atoms with Crippen LogP contribution in [-0.4, -0.2) is 23.0 Å². The van der Waals surface area contributed by atoms with Crippen molar-refractivity contribution >= 4 is 17.5 Å². The van der Waals surface area contributed by atoms with Crippen LogP contribution in [0.25, 0.3) is 0 Å². The van der Waals surface area contributed by atoms with E-state index in [0.717, 1.165) is 32.1 Å². The van der Waals surface area contributed by atoms with E-state index in [9.17, 15) is 19.1 Å². The summed E-state index contributed by atoms with van der Waals surface area (Å²) in [4.78, 5) is 28.8. The zero-order valence-electron chi connectivity index (χ0n) is 19.0. The predicted octanol–water partition coefficient (Wildman–Crippen LogP) is 5.30. The molecule has 2 amide bonds. The lowest BCUT2D eigenvalue weighted by molar-refractivity contribution is -0.127. The zero-order valence-corrected chi connectivity index (χ0v) is 19.0. The summed E-state index contributed by atoms with van der Waals surface area (Å²) < 4.78 is 14.2. The minimum absolute atomic E-state index is 0.00314. The summed E-state index contributed by atoms with van der Waals surface area (Å²) in [5.74, 6) is -1.00. The molecule has 6 heteroatoms. The molecule has 5 nitrogen and oxygen atoms in total. The van der Waals surface area contributed by atoms with Gasteiger partial charge in [-0.2, -0.15) is 0 Å². The van der Waals surface area contributed by atoms with Crippen molar-refractivity contribution in [1.29, 1.82) is 0 Å². The van der Waals surface area contributed by atoms with Crippen molar-refractivity contribution in [3.8, 4) is 5.75 Å². The van der Waals surface area contributed by atoms with Crippen LogP contribution in [0.4, 0.5) is 10.1 Å². The number of aromatic hydroxyl groups is 1. The Morgan fingerprint density at radius 2 is 1.65 bits per heavy atom. The maximum absolute atomic E-state index is 14.2. The molecule has 34 heavy (non-hydrogen) atoms. The van der Waals surface area contributed by atoms with Crippen molar-refractivity contribution < 1.29 is 19.1 Å². The number of hydrogen-bond donors (Lipinski definition) is 2. The molecule has 1 atom stereocenters. The monoisotopic (exact) mass is 460 g/mol. The van der Waals surface area contributed by atoms with Gasteiger partial charge < -0.3 is 10.4 Å². The number of phenols is 1. The first-order valence-electron chi connectivity index (χ1n) is 11.7. The zero-order chi connectivity index (χ0) is 23.9. The Labute approximate surface area is 199 Å². The summed E-state index contributed by atoms with van der Waals surface area (Å²) in [6, 6.07) is 20.4. The van der Waals surface area contributed by atoms with Crippen LogP contribution in [0.3, 0.4) is 0 Å². The van der Waals surface area contributed by atoms with Gasteiger partial charge in [-0.15, -0.1) is 0 Å². The molecule has 2 N–H and O–H groups in total. The van der Waals surface area contributed by atoms with Gasteiger partial charge in [0.2, 0.25) is 11.8 Å². The number of rotatable bonds is 7. The molecule has 1 saturated carbocycles. The molecule has 4 rings (SSSR count). The van der Waals surface area contributed by atoms with E-state index in [4.69, 9.17) is 0 Å². The Balaban J connectivity index is 1.72. The van der Waals surface area contributed by atoms with Crippen molar-refractivity contribution in [3.05, 3.63) is 95.8 Å². The van der Waals surface area contributed by atoms with Crippen LogP contribution >= 0.6 is 0 Å². The first-order chi connectivity index (χ1) is 16.5. The predicted molar refractivity (Wildman–Crippen MR) is 130 cm³/mol. The number of carbonyl (C=O) groups is 2. The molecule has 1 unspecified atom stereocenters. The lowest BCUT2D eigenvalue weighted by Crippen LogP contribution is -2.47. The van der Waals surface area contributed by atoms with E-state index in [1.807, 2.05) is 30.3 Å². The largest absolute Gasteiger partial charge is 0.508 e. The second-order valence-corrected chi connectivity index (χ2v) is 8.74. The highest BCUT2D eigenvalue weighted by molar-refractivity contribution is 6.02. The topological polar surface area (TPSA) is 69.6 Å². The van der Waals surface area contributed by atoms with E-state index in [0.29, 0.717) is 16.8 Å². The number of carbonyl (C=O) groups excluding carboxylic acids is 2. The maximum atomic E-state index is 14.2. The van der Waals surface area contributed by atoms with E-state index in [1.54, 1.807) is 18.2 Å².